The lowest BCUT2D eigenvalue weighted by atomic mass is 10.2. The molecule has 1 unspecified atom stereocenters. The molecule has 1 N–H and O–H groups in total. The van der Waals surface area contributed by atoms with Gasteiger partial charge in [-0.3, -0.25) is 0 Å². The zero-order valence-corrected chi connectivity index (χ0v) is 13.4. The van der Waals surface area contributed by atoms with E-state index in [2.05, 4.69) is 45.5 Å². The Morgan fingerprint density at radius 3 is 2.94 bits per heavy atom. The van der Waals surface area contributed by atoms with Gasteiger partial charge in [0, 0.05) is 21.5 Å². The molecule has 0 spiro atoms. The van der Waals surface area contributed by atoms with Crippen LogP contribution in [0.15, 0.2) is 28.1 Å². The fraction of sp³-hybridized carbons (Fsp3) is 0.308. The molecule has 0 saturated heterocycles. The highest BCUT2D eigenvalue weighted by Crippen LogP contribution is 2.33. The summed E-state index contributed by atoms with van der Waals surface area (Å²) in [4.78, 5) is 4.65. The Kier molecular flexibility index (Phi) is 4.78. The van der Waals surface area contributed by atoms with Crippen LogP contribution in [0.1, 0.15) is 25.6 Å². The molecule has 0 saturated carbocycles. The average molecular weight is 346 g/mol. The zero-order chi connectivity index (χ0) is 13.1. The molecule has 18 heavy (non-hydrogen) atoms. The molecule has 0 fully saturated rings. The predicted octanol–water partition coefficient (Wildman–Crippen LogP) is 4.90. The van der Waals surface area contributed by atoms with E-state index in [0.29, 0.717) is 0 Å². The van der Waals surface area contributed by atoms with Crippen molar-refractivity contribution < 1.29 is 0 Å². The van der Waals surface area contributed by atoms with Gasteiger partial charge in [-0.25, -0.2) is 4.98 Å². The lowest BCUT2D eigenvalue weighted by Crippen LogP contribution is -2.17. The minimum atomic E-state index is 0.272. The summed E-state index contributed by atoms with van der Waals surface area (Å²) in [5.41, 5.74) is 2.05. The first kappa shape index (κ1) is 14.0. The monoisotopic (exact) mass is 344 g/mol. The van der Waals surface area contributed by atoms with Crippen LogP contribution < -0.4 is 5.32 Å². The summed E-state index contributed by atoms with van der Waals surface area (Å²) < 4.78 is 0.981. The number of thiazole rings is 1. The first-order valence-electron chi connectivity index (χ1n) is 5.76. The van der Waals surface area contributed by atoms with Gasteiger partial charge in [-0.2, -0.15) is 0 Å². The van der Waals surface area contributed by atoms with Crippen molar-refractivity contribution in [1.29, 1.82) is 0 Å². The van der Waals surface area contributed by atoms with Gasteiger partial charge in [0.15, 0.2) is 0 Å². The minimum absolute atomic E-state index is 0.272. The normalized spacial score (nSPS) is 12.7. The van der Waals surface area contributed by atoms with Crippen LogP contribution in [0.4, 0.5) is 0 Å². The van der Waals surface area contributed by atoms with E-state index < -0.39 is 0 Å². The molecule has 0 aliphatic heterocycles. The van der Waals surface area contributed by atoms with Crippen molar-refractivity contribution in [2.45, 2.75) is 19.9 Å². The van der Waals surface area contributed by atoms with E-state index in [9.17, 15) is 0 Å². The first-order valence-corrected chi connectivity index (χ1v) is 7.81. The Morgan fingerprint density at radius 1 is 1.50 bits per heavy atom. The smallest absolute Gasteiger partial charge is 0.125 e. The number of halogens is 2. The maximum absolute atomic E-state index is 6.24. The van der Waals surface area contributed by atoms with Crippen LogP contribution >= 0.6 is 38.9 Å². The van der Waals surface area contributed by atoms with E-state index in [1.807, 2.05) is 18.2 Å². The molecule has 0 amide bonds. The van der Waals surface area contributed by atoms with Gasteiger partial charge in [0.25, 0.3) is 0 Å². The second kappa shape index (κ2) is 6.15. The molecule has 1 heterocycles. The predicted molar refractivity (Wildman–Crippen MR) is 82.4 cm³/mol. The molecular weight excluding hydrogens is 332 g/mol. The Hall–Kier alpha value is -0.420. The van der Waals surface area contributed by atoms with Gasteiger partial charge in [-0.05, 0) is 31.7 Å². The Balaban J connectivity index is 2.29. The topological polar surface area (TPSA) is 24.9 Å². The van der Waals surface area contributed by atoms with Crippen molar-refractivity contribution in [3.63, 3.8) is 0 Å². The molecule has 1 aromatic carbocycles. The van der Waals surface area contributed by atoms with Crippen LogP contribution in [-0.2, 0) is 0 Å². The molecule has 2 aromatic rings. The fourth-order valence-electron chi connectivity index (χ4n) is 1.68. The maximum atomic E-state index is 6.24. The Labute approximate surface area is 125 Å². The third-order valence-electron chi connectivity index (χ3n) is 2.64. The van der Waals surface area contributed by atoms with Crippen LogP contribution in [0.25, 0.3) is 10.6 Å². The van der Waals surface area contributed by atoms with E-state index in [1.54, 1.807) is 11.3 Å². The largest absolute Gasteiger partial charge is 0.309 e. The second-order valence-corrected chi connectivity index (χ2v) is 6.16. The SMILES string of the molecule is CCNC(C)c1csc(-c2ccc(Br)cc2Cl)n1. The molecule has 2 rings (SSSR count). The number of nitrogens with zero attached hydrogens (tertiary/aromatic N) is 1. The van der Waals surface area contributed by atoms with Gasteiger partial charge in [0.1, 0.15) is 5.01 Å². The van der Waals surface area contributed by atoms with Crippen LogP contribution in [0, 0.1) is 0 Å². The quantitative estimate of drug-likeness (QED) is 0.852. The summed E-state index contributed by atoms with van der Waals surface area (Å²) in [6.07, 6.45) is 0. The lowest BCUT2D eigenvalue weighted by molar-refractivity contribution is 0.587. The number of nitrogens with one attached hydrogen (secondary N) is 1. The zero-order valence-electron chi connectivity index (χ0n) is 10.2. The third-order valence-corrected chi connectivity index (χ3v) is 4.34. The van der Waals surface area contributed by atoms with E-state index in [4.69, 9.17) is 11.6 Å². The second-order valence-electron chi connectivity index (χ2n) is 3.98. The molecule has 0 bridgehead atoms. The summed E-state index contributed by atoms with van der Waals surface area (Å²) in [5.74, 6) is 0. The van der Waals surface area contributed by atoms with Crippen molar-refractivity contribution in [2.24, 2.45) is 0 Å². The van der Waals surface area contributed by atoms with Crippen LogP contribution in [0.3, 0.4) is 0 Å². The summed E-state index contributed by atoms with van der Waals surface area (Å²) in [7, 11) is 0. The average Bonchev–Trinajstić information content (AvgIpc) is 2.78. The highest BCUT2D eigenvalue weighted by Gasteiger charge is 2.12. The summed E-state index contributed by atoms with van der Waals surface area (Å²) in [6, 6.07) is 6.14. The first-order chi connectivity index (χ1) is 8.61. The number of hydrogen-bond donors (Lipinski definition) is 1. The lowest BCUT2D eigenvalue weighted by Gasteiger charge is -2.08. The Morgan fingerprint density at radius 2 is 2.28 bits per heavy atom. The van der Waals surface area contributed by atoms with Gasteiger partial charge in [0.05, 0.1) is 10.7 Å². The van der Waals surface area contributed by atoms with Gasteiger partial charge in [-0.1, -0.05) is 34.5 Å². The maximum Gasteiger partial charge on any atom is 0.125 e. The molecule has 0 radical (unpaired) electrons. The number of aromatic nitrogens is 1. The van der Waals surface area contributed by atoms with E-state index in [0.717, 1.165) is 32.3 Å². The van der Waals surface area contributed by atoms with Crippen molar-refractivity contribution in [3.8, 4) is 10.6 Å². The van der Waals surface area contributed by atoms with Crippen molar-refractivity contribution in [3.05, 3.63) is 38.8 Å². The molecule has 1 aromatic heterocycles. The summed E-state index contributed by atoms with van der Waals surface area (Å²) in [6.45, 7) is 5.15. The molecular formula is C13H14BrClN2S. The minimum Gasteiger partial charge on any atom is -0.309 e. The van der Waals surface area contributed by atoms with Crippen LogP contribution in [0.5, 0.6) is 0 Å². The van der Waals surface area contributed by atoms with Crippen molar-refractivity contribution >= 4 is 38.9 Å². The molecule has 5 heteroatoms. The van der Waals surface area contributed by atoms with Crippen molar-refractivity contribution in [1.82, 2.24) is 10.3 Å². The van der Waals surface area contributed by atoms with Crippen molar-refractivity contribution in [2.75, 3.05) is 6.54 Å². The van der Waals surface area contributed by atoms with E-state index in [1.165, 1.54) is 0 Å². The molecule has 1 atom stereocenters. The number of benzene rings is 1. The van der Waals surface area contributed by atoms with Crippen LogP contribution in [0.2, 0.25) is 5.02 Å². The summed E-state index contributed by atoms with van der Waals surface area (Å²) in [5, 5.41) is 7.13. The highest BCUT2D eigenvalue weighted by molar-refractivity contribution is 9.10. The van der Waals surface area contributed by atoms with Gasteiger partial charge in [-0.15, -0.1) is 11.3 Å². The van der Waals surface area contributed by atoms with E-state index in [-0.39, 0.29) is 6.04 Å². The van der Waals surface area contributed by atoms with Gasteiger partial charge < -0.3 is 5.32 Å². The molecule has 0 aliphatic rings. The number of rotatable bonds is 4. The standard InChI is InChI=1S/C13H14BrClN2S/c1-3-16-8(2)12-7-18-13(17-12)10-5-4-9(14)6-11(10)15/h4-8,16H,3H2,1-2H3. The Bertz CT molecular complexity index is 542. The molecule has 2 nitrogen and oxygen atoms in total. The fourth-order valence-corrected chi connectivity index (χ4v) is 3.45. The third kappa shape index (κ3) is 3.12. The summed E-state index contributed by atoms with van der Waals surface area (Å²) >= 11 is 11.3. The molecule has 0 aliphatic carbocycles. The van der Waals surface area contributed by atoms with Gasteiger partial charge >= 0.3 is 0 Å². The highest BCUT2D eigenvalue weighted by atomic mass is 79.9. The van der Waals surface area contributed by atoms with Crippen LogP contribution in [-0.4, -0.2) is 11.5 Å². The molecule has 96 valence electrons. The van der Waals surface area contributed by atoms with E-state index >= 15 is 0 Å². The van der Waals surface area contributed by atoms with Gasteiger partial charge in [0.2, 0.25) is 0 Å². The number of hydrogen-bond acceptors (Lipinski definition) is 3.